The minimum atomic E-state index is -0.879. The number of aromatic nitrogens is 5. The number of fused-ring (bicyclic) bond motifs is 2. The van der Waals surface area contributed by atoms with Crippen LogP contribution in [0, 0.1) is 0 Å². The molecule has 1 fully saturated rings. The molecular formula is C25H34N8O2. The van der Waals surface area contributed by atoms with Crippen molar-refractivity contribution in [3.8, 4) is 0 Å². The van der Waals surface area contributed by atoms with Gasteiger partial charge in [0, 0.05) is 31.9 Å². The van der Waals surface area contributed by atoms with E-state index in [1.807, 2.05) is 7.05 Å². The summed E-state index contributed by atoms with van der Waals surface area (Å²) in [6.07, 6.45) is 11.6. The Morgan fingerprint density at radius 3 is 3.00 bits per heavy atom. The molecule has 5 rings (SSSR count). The molecule has 10 heteroatoms. The number of anilines is 2. The van der Waals surface area contributed by atoms with Gasteiger partial charge in [-0.25, -0.2) is 19.7 Å². The Bertz CT molecular complexity index is 1180. The van der Waals surface area contributed by atoms with Crippen molar-refractivity contribution in [1.29, 1.82) is 0 Å². The summed E-state index contributed by atoms with van der Waals surface area (Å²) >= 11 is 0. The van der Waals surface area contributed by atoms with Crippen LogP contribution in [0.15, 0.2) is 24.7 Å². The number of nitrogens with one attached hydrogen (secondary N) is 2. The van der Waals surface area contributed by atoms with E-state index >= 15 is 0 Å². The van der Waals surface area contributed by atoms with Gasteiger partial charge in [0.1, 0.15) is 23.7 Å². The molecule has 1 saturated carbocycles. The van der Waals surface area contributed by atoms with Crippen LogP contribution in [0.5, 0.6) is 0 Å². The number of aryl methyl sites for hydroxylation is 3. The normalized spacial score (nSPS) is 16.2. The quantitative estimate of drug-likeness (QED) is 0.337. The van der Waals surface area contributed by atoms with Crippen LogP contribution in [0.4, 0.5) is 11.6 Å². The van der Waals surface area contributed by atoms with Crippen LogP contribution < -0.4 is 10.6 Å². The lowest BCUT2D eigenvalue weighted by molar-refractivity contribution is -0.138. The number of unbranched alkanes of at least 4 members (excludes halogenated alkanes) is 1. The predicted molar refractivity (Wildman–Crippen MR) is 135 cm³/mol. The third-order valence-corrected chi connectivity index (χ3v) is 6.87. The van der Waals surface area contributed by atoms with E-state index in [1.54, 1.807) is 10.9 Å². The molecule has 3 aromatic heterocycles. The van der Waals surface area contributed by atoms with Crippen molar-refractivity contribution in [3.05, 3.63) is 35.9 Å². The number of carbonyl (C=O) groups is 1. The first-order valence-electron chi connectivity index (χ1n) is 12.7. The van der Waals surface area contributed by atoms with E-state index < -0.39 is 12.0 Å². The monoisotopic (exact) mass is 478 g/mol. The molecule has 2 aliphatic rings. The summed E-state index contributed by atoms with van der Waals surface area (Å²) in [5.41, 5.74) is 3.76. The van der Waals surface area contributed by atoms with Crippen LogP contribution in [0.2, 0.25) is 0 Å². The lowest BCUT2D eigenvalue weighted by Crippen LogP contribution is -2.36. The van der Waals surface area contributed by atoms with Gasteiger partial charge in [0.2, 0.25) is 0 Å². The number of nitrogens with zero attached hydrogens (tertiary/aromatic N) is 6. The molecule has 0 aromatic carbocycles. The van der Waals surface area contributed by atoms with E-state index in [0.717, 1.165) is 56.8 Å². The molecule has 1 aliphatic heterocycles. The average molecular weight is 479 g/mol. The van der Waals surface area contributed by atoms with E-state index in [1.165, 1.54) is 31.2 Å². The van der Waals surface area contributed by atoms with Crippen molar-refractivity contribution in [2.24, 2.45) is 7.05 Å². The Balaban J connectivity index is 1.13. The fourth-order valence-corrected chi connectivity index (χ4v) is 4.82. The summed E-state index contributed by atoms with van der Waals surface area (Å²) < 4.78 is 1.66. The zero-order valence-corrected chi connectivity index (χ0v) is 20.3. The number of pyridine rings is 1. The van der Waals surface area contributed by atoms with Crippen molar-refractivity contribution in [1.82, 2.24) is 29.6 Å². The van der Waals surface area contributed by atoms with Crippen LogP contribution >= 0.6 is 0 Å². The van der Waals surface area contributed by atoms with Crippen molar-refractivity contribution >= 4 is 28.6 Å². The highest BCUT2D eigenvalue weighted by Gasteiger charge is 2.30. The number of hydrogen-bond donors (Lipinski definition) is 3. The van der Waals surface area contributed by atoms with Crippen molar-refractivity contribution < 1.29 is 9.90 Å². The molecule has 0 amide bonds. The highest BCUT2D eigenvalue weighted by atomic mass is 16.4. The maximum Gasteiger partial charge on any atom is 0.326 e. The van der Waals surface area contributed by atoms with Gasteiger partial charge in [0.05, 0.1) is 6.20 Å². The minimum absolute atomic E-state index is 0.466. The van der Waals surface area contributed by atoms with E-state index in [2.05, 4.69) is 42.7 Å². The largest absolute Gasteiger partial charge is 0.480 e. The summed E-state index contributed by atoms with van der Waals surface area (Å²) in [4.78, 5) is 27.7. The molecule has 0 unspecified atom stereocenters. The second kappa shape index (κ2) is 10.6. The molecule has 0 saturated heterocycles. The second-order valence-corrected chi connectivity index (χ2v) is 9.65. The zero-order chi connectivity index (χ0) is 24.2. The zero-order valence-electron chi connectivity index (χ0n) is 20.3. The van der Waals surface area contributed by atoms with Gasteiger partial charge in [-0.2, -0.15) is 5.10 Å². The molecule has 10 nitrogen and oxygen atoms in total. The fourth-order valence-electron chi connectivity index (χ4n) is 4.82. The highest BCUT2D eigenvalue weighted by Crippen LogP contribution is 2.28. The van der Waals surface area contributed by atoms with Crippen LogP contribution in [0.3, 0.4) is 0 Å². The summed E-state index contributed by atoms with van der Waals surface area (Å²) in [6.45, 7) is 2.74. The predicted octanol–water partition coefficient (Wildman–Crippen LogP) is 2.86. The van der Waals surface area contributed by atoms with Gasteiger partial charge in [-0.15, -0.1) is 0 Å². The molecule has 186 valence electrons. The molecule has 3 aromatic rings. The summed E-state index contributed by atoms with van der Waals surface area (Å²) in [5, 5.41) is 20.7. The molecule has 35 heavy (non-hydrogen) atoms. The maximum absolute atomic E-state index is 12.0. The molecule has 1 aliphatic carbocycles. The summed E-state index contributed by atoms with van der Waals surface area (Å²) in [6, 6.07) is 4.23. The standard InChI is InChI=1S/C25H34N8O2/c1-32-15-21-22(31-32)24(28-16-27-21)30-20(25(34)35)11-14-33(19-9-10-19)13-3-2-6-18-8-7-17-5-4-12-26-23(17)29-18/h7-8,15-16,19-20H,2-6,9-14H2,1H3,(H,26,29)(H,34,35)(H,27,28,30)/t20-/m0/s1. The maximum atomic E-state index is 12.0. The Kier molecular flexibility index (Phi) is 7.08. The van der Waals surface area contributed by atoms with Crippen LogP contribution in [-0.4, -0.2) is 72.4 Å². The second-order valence-electron chi connectivity index (χ2n) is 9.65. The Hall–Kier alpha value is -3.27. The number of carboxylic acids is 1. The lowest BCUT2D eigenvalue weighted by atomic mass is 10.1. The van der Waals surface area contributed by atoms with E-state index in [-0.39, 0.29) is 0 Å². The number of carboxylic acid groups (broad SMARTS) is 1. The van der Waals surface area contributed by atoms with E-state index in [9.17, 15) is 9.90 Å². The van der Waals surface area contributed by atoms with Gasteiger partial charge >= 0.3 is 5.97 Å². The minimum Gasteiger partial charge on any atom is -0.480 e. The molecule has 4 heterocycles. The van der Waals surface area contributed by atoms with Crippen LogP contribution in [0.1, 0.15) is 49.8 Å². The molecule has 3 N–H and O–H groups in total. The third kappa shape index (κ3) is 5.87. The van der Waals surface area contributed by atoms with E-state index in [0.29, 0.717) is 29.3 Å². The Labute approximate surface area is 205 Å². The molecule has 0 radical (unpaired) electrons. The fraction of sp³-hybridized carbons (Fsp3) is 0.560. The molecule has 0 bridgehead atoms. The first-order chi connectivity index (χ1) is 17.1. The number of hydrogen-bond acceptors (Lipinski definition) is 8. The van der Waals surface area contributed by atoms with Gasteiger partial charge in [-0.05, 0) is 69.5 Å². The van der Waals surface area contributed by atoms with Gasteiger partial charge in [-0.3, -0.25) is 4.68 Å². The molecular weight excluding hydrogens is 444 g/mol. The van der Waals surface area contributed by atoms with E-state index in [4.69, 9.17) is 4.98 Å². The average Bonchev–Trinajstić information content (AvgIpc) is 3.62. The van der Waals surface area contributed by atoms with Crippen molar-refractivity contribution in [2.45, 2.75) is 63.5 Å². The van der Waals surface area contributed by atoms with Crippen LogP contribution in [0.25, 0.3) is 11.0 Å². The lowest BCUT2D eigenvalue weighted by Gasteiger charge is -2.24. The molecule has 0 spiro atoms. The first kappa shape index (κ1) is 23.5. The Morgan fingerprint density at radius 1 is 1.29 bits per heavy atom. The summed E-state index contributed by atoms with van der Waals surface area (Å²) in [5.74, 6) is 0.649. The number of rotatable bonds is 12. The first-order valence-corrected chi connectivity index (χ1v) is 12.7. The molecule has 1 atom stereocenters. The number of aliphatic carboxylic acids is 1. The van der Waals surface area contributed by atoms with Crippen molar-refractivity contribution in [2.75, 3.05) is 30.3 Å². The van der Waals surface area contributed by atoms with Gasteiger partial charge < -0.3 is 20.6 Å². The topological polar surface area (TPSA) is 121 Å². The smallest absolute Gasteiger partial charge is 0.326 e. The van der Waals surface area contributed by atoms with Crippen molar-refractivity contribution in [3.63, 3.8) is 0 Å². The van der Waals surface area contributed by atoms with Gasteiger partial charge in [0.15, 0.2) is 11.3 Å². The highest BCUT2D eigenvalue weighted by molar-refractivity contribution is 5.87. The Morgan fingerprint density at radius 2 is 2.17 bits per heavy atom. The summed E-state index contributed by atoms with van der Waals surface area (Å²) in [7, 11) is 1.81. The van der Waals surface area contributed by atoms with Crippen LogP contribution in [-0.2, 0) is 24.7 Å². The van der Waals surface area contributed by atoms with Gasteiger partial charge in [0.25, 0.3) is 0 Å². The third-order valence-electron chi connectivity index (χ3n) is 6.87. The van der Waals surface area contributed by atoms with Gasteiger partial charge in [-0.1, -0.05) is 6.07 Å². The SMILES string of the molecule is Cn1cc2ncnc(N[C@@H](CCN(CCCCc3ccc4c(n3)NCCC4)C3CC3)C(=O)O)c2n1.